The van der Waals surface area contributed by atoms with Gasteiger partial charge in [0, 0.05) is 11.7 Å². The van der Waals surface area contributed by atoms with Gasteiger partial charge in [-0.2, -0.15) is 0 Å². The minimum Gasteiger partial charge on any atom is -0.474 e. The molecule has 1 aliphatic heterocycles. The number of pyridine rings is 1. The van der Waals surface area contributed by atoms with Gasteiger partial charge in [0.05, 0.1) is 15.7 Å². The van der Waals surface area contributed by atoms with Gasteiger partial charge in [0.25, 0.3) is 0 Å². The standard InChI is InChI=1S/C15H21BBrNO3/c1-14(2)15(3,4)21-16(20-14)10-8-12(17)13(18-9-10)19-11-6-5-7-11/h8-9,11H,5-7H2,1-4H3. The van der Waals surface area contributed by atoms with E-state index in [2.05, 4.69) is 20.9 Å². The Kier molecular flexibility index (Phi) is 3.83. The maximum absolute atomic E-state index is 6.03. The van der Waals surface area contributed by atoms with Crippen LogP contribution in [0.5, 0.6) is 5.88 Å². The number of rotatable bonds is 3. The predicted octanol–water partition coefficient (Wildman–Crippen LogP) is 3.07. The highest BCUT2D eigenvalue weighted by atomic mass is 79.9. The van der Waals surface area contributed by atoms with E-state index < -0.39 is 7.12 Å². The lowest BCUT2D eigenvalue weighted by atomic mass is 9.80. The number of hydrogen-bond donors (Lipinski definition) is 0. The third-order valence-corrected chi connectivity index (χ3v) is 5.25. The van der Waals surface area contributed by atoms with E-state index in [1.165, 1.54) is 6.42 Å². The maximum Gasteiger partial charge on any atom is 0.496 e. The second-order valence-electron chi connectivity index (χ2n) is 6.81. The molecule has 4 nitrogen and oxygen atoms in total. The number of aromatic nitrogens is 1. The minimum atomic E-state index is -0.392. The Morgan fingerprint density at radius 1 is 1.24 bits per heavy atom. The number of nitrogens with zero attached hydrogens (tertiary/aromatic N) is 1. The Labute approximate surface area is 134 Å². The Balaban J connectivity index is 1.76. The van der Waals surface area contributed by atoms with Crippen LogP contribution in [0.3, 0.4) is 0 Å². The fraction of sp³-hybridized carbons (Fsp3) is 0.667. The molecule has 0 amide bonds. The molecular formula is C15H21BBrNO3. The van der Waals surface area contributed by atoms with Crippen LogP contribution in [0, 0.1) is 0 Å². The van der Waals surface area contributed by atoms with Gasteiger partial charge in [-0.15, -0.1) is 0 Å². The first kappa shape index (κ1) is 15.3. The van der Waals surface area contributed by atoms with Gasteiger partial charge >= 0.3 is 7.12 Å². The van der Waals surface area contributed by atoms with Crippen LogP contribution >= 0.6 is 15.9 Å². The summed E-state index contributed by atoms with van der Waals surface area (Å²) in [4.78, 5) is 4.41. The average Bonchev–Trinajstić information content (AvgIpc) is 2.54. The highest BCUT2D eigenvalue weighted by molar-refractivity contribution is 9.10. The summed E-state index contributed by atoms with van der Waals surface area (Å²) in [6.45, 7) is 8.18. The summed E-state index contributed by atoms with van der Waals surface area (Å²) in [6, 6.07) is 1.98. The van der Waals surface area contributed by atoms with Crippen LogP contribution in [0.1, 0.15) is 47.0 Å². The zero-order valence-electron chi connectivity index (χ0n) is 13.0. The summed E-state index contributed by atoms with van der Waals surface area (Å²) >= 11 is 3.53. The van der Waals surface area contributed by atoms with Crippen LogP contribution < -0.4 is 10.2 Å². The Morgan fingerprint density at radius 2 is 1.86 bits per heavy atom. The molecule has 21 heavy (non-hydrogen) atoms. The van der Waals surface area contributed by atoms with Crippen molar-refractivity contribution in [3.8, 4) is 5.88 Å². The molecule has 1 aliphatic carbocycles. The summed E-state index contributed by atoms with van der Waals surface area (Å²) in [5.74, 6) is 0.653. The molecule has 0 aromatic carbocycles. The van der Waals surface area contributed by atoms with E-state index in [1.807, 2.05) is 33.8 Å². The largest absolute Gasteiger partial charge is 0.496 e. The molecule has 0 unspecified atom stereocenters. The maximum atomic E-state index is 6.03. The SMILES string of the molecule is CC1(C)OB(c2cnc(OC3CCC3)c(Br)c2)OC1(C)C. The first-order valence-electron chi connectivity index (χ1n) is 7.46. The third-order valence-electron chi connectivity index (χ3n) is 4.68. The summed E-state index contributed by atoms with van der Waals surface area (Å²) in [5, 5.41) is 0. The second kappa shape index (κ2) is 5.25. The van der Waals surface area contributed by atoms with Crippen molar-refractivity contribution < 1.29 is 14.0 Å². The minimum absolute atomic E-state index is 0.316. The fourth-order valence-electron chi connectivity index (χ4n) is 2.28. The van der Waals surface area contributed by atoms with Gasteiger partial charge in [-0.1, -0.05) is 0 Å². The molecule has 1 aromatic rings. The average molecular weight is 354 g/mol. The zero-order chi connectivity index (χ0) is 15.3. The van der Waals surface area contributed by atoms with Crippen molar-refractivity contribution in [1.82, 2.24) is 4.98 Å². The Morgan fingerprint density at radius 3 is 2.33 bits per heavy atom. The van der Waals surface area contributed by atoms with E-state index in [1.54, 1.807) is 6.20 Å². The second-order valence-corrected chi connectivity index (χ2v) is 7.67. The highest BCUT2D eigenvalue weighted by Crippen LogP contribution is 2.37. The highest BCUT2D eigenvalue weighted by Gasteiger charge is 2.51. The molecule has 0 radical (unpaired) electrons. The Bertz CT molecular complexity index is 530. The number of ether oxygens (including phenoxy) is 1. The molecule has 114 valence electrons. The van der Waals surface area contributed by atoms with Gasteiger partial charge in [0.1, 0.15) is 6.10 Å². The van der Waals surface area contributed by atoms with E-state index >= 15 is 0 Å². The molecule has 1 saturated carbocycles. The van der Waals surface area contributed by atoms with Crippen molar-refractivity contribution in [3.63, 3.8) is 0 Å². The van der Waals surface area contributed by atoms with E-state index in [0.717, 1.165) is 22.8 Å². The van der Waals surface area contributed by atoms with Crippen LogP contribution in [0.2, 0.25) is 0 Å². The van der Waals surface area contributed by atoms with Crippen molar-refractivity contribution in [1.29, 1.82) is 0 Å². The number of halogens is 1. The third kappa shape index (κ3) is 2.85. The van der Waals surface area contributed by atoms with E-state index in [-0.39, 0.29) is 11.2 Å². The van der Waals surface area contributed by atoms with Gasteiger partial charge in [0.2, 0.25) is 5.88 Å². The topological polar surface area (TPSA) is 40.6 Å². The van der Waals surface area contributed by atoms with Crippen LogP contribution in [0.15, 0.2) is 16.7 Å². The van der Waals surface area contributed by atoms with Gasteiger partial charge < -0.3 is 14.0 Å². The molecule has 2 aliphatic rings. The van der Waals surface area contributed by atoms with Gasteiger partial charge in [-0.05, 0) is 69.0 Å². The molecule has 0 spiro atoms. The van der Waals surface area contributed by atoms with E-state index in [9.17, 15) is 0 Å². The van der Waals surface area contributed by atoms with Crippen LogP contribution in [0.25, 0.3) is 0 Å². The quantitative estimate of drug-likeness (QED) is 0.783. The summed E-state index contributed by atoms with van der Waals surface area (Å²) in [7, 11) is -0.392. The smallest absolute Gasteiger partial charge is 0.474 e. The molecule has 0 atom stereocenters. The molecule has 3 rings (SSSR count). The monoisotopic (exact) mass is 353 g/mol. The van der Waals surface area contributed by atoms with Crippen LogP contribution in [-0.2, 0) is 9.31 Å². The van der Waals surface area contributed by atoms with Crippen molar-refractivity contribution in [3.05, 3.63) is 16.7 Å². The van der Waals surface area contributed by atoms with E-state index in [0.29, 0.717) is 12.0 Å². The van der Waals surface area contributed by atoms with Crippen molar-refractivity contribution >= 4 is 28.5 Å². The predicted molar refractivity (Wildman–Crippen MR) is 85.9 cm³/mol. The van der Waals surface area contributed by atoms with E-state index in [4.69, 9.17) is 14.0 Å². The fourth-order valence-corrected chi connectivity index (χ4v) is 2.74. The molecule has 2 fully saturated rings. The normalized spacial score (nSPS) is 24.0. The lowest BCUT2D eigenvalue weighted by molar-refractivity contribution is 0.00578. The van der Waals surface area contributed by atoms with Crippen molar-refractivity contribution in [2.45, 2.75) is 64.3 Å². The molecule has 1 aromatic heterocycles. The van der Waals surface area contributed by atoms with Gasteiger partial charge in [0.15, 0.2) is 0 Å². The summed E-state index contributed by atoms with van der Waals surface area (Å²) in [5.41, 5.74) is 0.220. The molecule has 6 heteroatoms. The molecule has 2 heterocycles. The number of hydrogen-bond acceptors (Lipinski definition) is 4. The van der Waals surface area contributed by atoms with Gasteiger partial charge in [-0.3, -0.25) is 0 Å². The Hall–Kier alpha value is -0.585. The van der Waals surface area contributed by atoms with Crippen molar-refractivity contribution in [2.75, 3.05) is 0 Å². The lowest BCUT2D eigenvalue weighted by Crippen LogP contribution is -2.41. The molecule has 0 N–H and O–H groups in total. The molecule has 1 saturated heterocycles. The first-order chi connectivity index (χ1) is 9.78. The summed E-state index contributed by atoms with van der Waals surface area (Å²) < 4.78 is 18.8. The van der Waals surface area contributed by atoms with Crippen molar-refractivity contribution in [2.24, 2.45) is 0 Å². The molecule has 0 bridgehead atoms. The van der Waals surface area contributed by atoms with Crippen LogP contribution in [-0.4, -0.2) is 29.4 Å². The lowest BCUT2D eigenvalue weighted by Gasteiger charge is -2.32. The van der Waals surface area contributed by atoms with Crippen LogP contribution in [0.4, 0.5) is 0 Å². The van der Waals surface area contributed by atoms with Gasteiger partial charge in [-0.25, -0.2) is 4.98 Å². The first-order valence-corrected chi connectivity index (χ1v) is 8.25. The zero-order valence-corrected chi connectivity index (χ0v) is 14.6. The molecular weight excluding hydrogens is 333 g/mol. The summed E-state index contributed by atoms with van der Waals surface area (Å²) in [6.07, 6.45) is 5.58.